The molecule has 1 heterocycles. The number of nitrogens with zero attached hydrogens (tertiary/aromatic N) is 1. The van der Waals surface area contributed by atoms with Gasteiger partial charge < -0.3 is 0 Å². The van der Waals surface area contributed by atoms with Crippen LogP contribution in [0.15, 0.2) is 29.6 Å². The summed E-state index contributed by atoms with van der Waals surface area (Å²) < 4.78 is 37.0. The fourth-order valence-electron chi connectivity index (χ4n) is 1.51. The molecule has 0 fully saturated rings. The molecule has 0 atom stereocenters. The number of aromatic nitrogens is 1. The summed E-state index contributed by atoms with van der Waals surface area (Å²) in [6.45, 7) is 5.90. The summed E-state index contributed by atoms with van der Waals surface area (Å²) in [5, 5.41) is 2.89. The Hall–Kier alpha value is -1.36. The second-order valence-corrected chi connectivity index (χ2v) is 4.79. The third kappa shape index (κ3) is 4.67. The van der Waals surface area contributed by atoms with Gasteiger partial charge in [0.2, 0.25) is 0 Å². The fourth-order valence-corrected chi connectivity index (χ4v) is 2.12. The maximum absolute atomic E-state index is 12.3. The van der Waals surface area contributed by atoms with Crippen molar-refractivity contribution in [3.05, 3.63) is 51.5 Å². The quantitative estimate of drug-likeness (QED) is 0.750. The highest BCUT2D eigenvalue weighted by Crippen LogP contribution is 2.29. The van der Waals surface area contributed by atoms with Gasteiger partial charge in [0.05, 0.1) is 16.3 Å². The number of thiazole rings is 1. The average molecular weight is 287 g/mol. The molecule has 0 aliphatic heterocycles. The van der Waals surface area contributed by atoms with E-state index in [0.717, 1.165) is 28.4 Å². The maximum Gasteiger partial charge on any atom is 0.416 e. The van der Waals surface area contributed by atoms with Gasteiger partial charge in [-0.15, -0.1) is 11.3 Å². The minimum Gasteiger partial charge on any atom is -0.246 e. The Morgan fingerprint density at radius 3 is 2.11 bits per heavy atom. The van der Waals surface area contributed by atoms with Crippen molar-refractivity contribution in [3.8, 4) is 0 Å². The van der Waals surface area contributed by atoms with Crippen LogP contribution in [0.1, 0.15) is 35.7 Å². The number of aryl methyl sites for hydroxylation is 1. The number of alkyl halides is 3. The second-order valence-electron chi connectivity index (χ2n) is 3.73. The molecular weight excluding hydrogens is 271 g/mol. The zero-order valence-corrected chi connectivity index (χ0v) is 11.9. The van der Waals surface area contributed by atoms with Gasteiger partial charge in [0, 0.05) is 11.8 Å². The second kappa shape index (κ2) is 6.70. The zero-order valence-electron chi connectivity index (χ0n) is 11.1. The third-order valence-electron chi connectivity index (χ3n) is 2.33. The number of halogens is 3. The van der Waals surface area contributed by atoms with Gasteiger partial charge in [-0.3, -0.25) is 0 Å². The van der Waals surface area contributed by atoms with E-state index in [4.69, 9.17) is 0 Å². The first kappa shape index (κ1) is 15.7. The van der Waals surface area contributed by atoms with Gasteiger partial charge >= 0.3 is 6.18 Å². The van der Waals surface area contributed by atoms with Crippen LogP contribution in [-0.2, 0) is 12.6 Å². The van der Waals surface area contributed by atoms with Gasteiger partial charge in [0.25, 0.3) is 0 Å². The largest absolute Gasteiger partial charge is 0.416 e. The summed E-state index contributed by atoms with van der Waals surface area (Å²) in [6.07, 6.45) is -3.70. The summed E-state index contributed by atoms with van der Waals surface area (Å²) >= 11 is 1.54. The Morgan fingerprint density at radius 1 is 1.11 bits per heavy atom. The van der Waals surface area contributed by atoms with Crippen molar-refractivity contribution >= 4 is 11.3 Å². The van der Waals surface area contributed by atoms with Crippen molar-refractivity contribution < 1.29 is 13.2 Å². The molecule has 0 spiro atoms. The Kier molecular flexibility index (Phi) is 5.54. The third-order valence-corrected chi connectivity index (χ3v) is 3.16. The van der Waals surface area contributed by atoms with Crippen LogP contribution in [0.2, 0.25) is 0 Å². The lowest BCUT2D eigenvalue weighted by Gasteiger charge is -2.06. The van der Waals surface area contributed by atoms with Crippen molar-refractivity contribution in [1.29, 1.82) is 0 Å². The van der Waals surface area contributed by atoms with E-state index < -0.39 is 11.7 Å². The highest BCUT2D eigenvalue weighted by Gasteiger charge is 2.29. The predicted molar refractivity (Wildman–Crippen MR) is 72.4 cm³/mol. The smallest absolute Gasteiger partial charge is 0.246 e. The number of hydrogen-bond acceptors (Lipinski definition) is 2. The molecule has 1 aromatic carbocycles. The molecule has 0 radical (unpaired) electrons. The number of hydrogen-bond donors (Lipinski definition) is 0. The SMILES string of the molecule is CC.Cc1nc(Cc2ccc(C(F)(F)F)cc2)cs1. The molecular formula is C14H16F3NS. The van der Waals surface area contributed by atoms with Gasteiger partial charge in [-0.05, 0) is 24.6 Å². The van der Waals surface area contributed by atoms with Gasteiger partial charge in [0.1, 0.15) is 0 Å². The highest BCUT2D eigenvalue weighted by atomic mass is 32.1. The highest BCUT2D eigenvalue weighted by molar-refractivity contribution is 7.09. The van der Waals surface area contributed by atoms with Gasteiger partial charge in [-0.25, -0.2) is 4.98 Å². The summed E-state index contributed by atoms with van der Waals surface area (Å²) in [5.74, 6) is 0. The van der Waals surface area contributed by atoms with E-state index in [1.54, 1.807) is 0 Å². The lowest BCUT2D eigenvalue weighted by atomic mass is 10.1. The monoisotopic (exact) mass is 287 g/mol. The molecule has 0 unspecified atom stereocenters. The van der Waals surface area contributed by atoms with Gasteiger partial charge in [-0.2, -0.15) is 13.2 Å². The molecule has 5 heteroatoms. The van der Waals surface area contributed by atoms with E-state index in [1.807, 2.05) is 26.2 Å². The molecule has 104 valence electrons. The topological polar surface area (TPSA) is 12.9 Å². The fraction of sp³-hybridized carbons (Fsp3) is 0.357. The summed E-state index contributed by atoms with van der Waals surface area (Å²) in [7, 11) is 0. The lowest BCUT2D eigenvalue weighted by Crippen LogP contribution is -2.04. The molecule has 2 rings (SSSR count). The molecule has 0 saturated heterocycles. The predicted octanol–water partition coefficient (Wildman–Crippen LogP) is 5.09. The lowest BCUT2D eigenvalue weighted by molar-refractivity contribution is -0.137. The summed E-state index contributed by atoms with van der Waals surface area (Å²) in [4.78, 5) is 4.27. The van der Waals surface area contributed by atoms with Gasteiger partial charge in [0.15, 0.2) is 0 Å². The van der Waals surface area contributed by atoms with E-state index in [0.29, 0.717) is 6.42 Å². The zero-order chi connectivity index (χ0) is 14.5. The van der Waals surface area contributed by atoms with Crippen LogP contribution in [0, 0.1) is 6.92 Å². The molecule has 1 nitrogen and oxygen atoms in total. The van der Waals surface area contributed by atoms with E-state index in [1.165, 1.54) is 23.5 Å². The van der Waals surface area contributed by atoms with Crippen LogP contribution < -0.4 is 0 Å². The Labute approximate surface area is 115 Å². The first-order valence-corrected chi connectivity index (χ1v) is 6.90. The summed E-state index contributed by atoms with van der Waals surface area (Å²) in [6, 6.07) is 5.21. The minimum atomic E-state index is -4.27. The van der Waals surface area contributed by atoms with Crippen molar-refractivity contribution in [2.24, 2.45) is 0 Å². The first-order chi connectivity index (χ1) is 8.95. The van der Waals surface area contributed by atoms with E-state index in [2.05, 4.69) is 4.98 Å². The number of benzene rings is 1. The molecule has 1 aromatic heterocycles. The van der Waals surface area contributed by atoms with Crippen LogP contribution in [0.25, 0.3) is 0 Å². The van der Waals surface area contributed by atoms with Crippen LogP contribution in [0.3, 0.4) is 0 Å². The first-order valence-electron chi connectivity index (χ1n) is 6.02. The standard InChI is InChI=1S/C12H10F3NS.C2H6/c1-8-16-11(7-17-8)6-9-2-4-10(5-3-9)12(13,14)15;1-2/h2-5,7H,6H2,1H3;1-2H3. The van der Waals surface area contributed by atoms with Crippen molar-refractivity contribution in [2.75, 3.05) is 0 Å². The van der Waals surface area contributed by atoms with Crippen LogP contribution in [0.4, 0.5) is 13.2 Å². The van der Waals surface area contributed by atoms with Crippen LogP contribution in [-0.4, -0.2) is 4.98 Å². The molecule has 0 aliphatic rings. The van der Waals surface area contributed by atoms with E-state index >= 15 is 0 Å². The Morgan fingerprint density at radius 2 is 1.68 bits per heavy atom. The van der Waals surface area contributed by atoms with Crippen LogP contribution in [0.5, 0.6) is 0 Å². The summed E-state index contributed by atoms with van der Waals surface area (Å²) in [5.41, 5.74) is 1.12. The molecule has 0 amide bonds. The van der Waals surface area contributed by atoms with E-state index in [9.17, 15) is 13.2 Å². The average Bonchev–Trinajstić information content (AvgIpc) is 2.77. The van der Waals surface area contributed by atoms with Crippen molar-refractivity contribution in [3.63, 3.8) is 0 Å². The minimum absolute atomic E-state index is 0.572. The maximum atomic E-state index is 12.3. The Bertz CT molecular complexity index is 500. The normalized spacial score (nSPS) is 10.8. The Balaban J connectivity index is 0.000000861. The molecule has 2 aromatic rings. The van der Waals surface area contributed by atoms with Gasteiger partial charge in [-0.1, -0.05) is 26.0 Å². The molecule has 0 bridgehead atoms. The van der Waals surface area contributed by atoms with E-state index in [-0.39, 0.29) is 0 Å². The van der Waals surface area contributed by atoms with Crippen LogP contribution >= 0.6 is 11.3 Å². The van der Waals surface area contributed by atoms with Crippen molar-refractivity contribution in [1.82, 2.24) is 4.98 Å². The van der Waals surface area contributed by atoms with Crippen molar-refractivity contribution in [2.45, 2.75) is 33.4 Å². The molecule has 0 saturated carbocycles. The number of rotatable bonds is 2. The molecule has 0 N–H and O–H groups in total. The molecule has 19 heavy (non-hydrogen) atoms. The molecule has 0 aliphatic carbocycles.